The Morgan fingerprint density at radius 3 is 2.02 bits per heavy atom. The Balaban J connectivity index is 1.32. The molecule has 0 radical (unpaired) electrons. The van der Waals surface area contributed by atoms with Crippen LogP contribution in [0.25, 0.3) is 0 Å². The number of nitrogens with zero attached hydrogens (tertiary/aromatic N) is 6. The summed E-state index contributed by atoms with van der Waals surface area (Å²) in [6.45, 7) is 6.54. The quantitative estimate of drug-likeness (QED) is 0.288. The van der Waals surface area contributed by atoms with E-state index in [-0.39, 0.29) is 20.7 Å². The molecule has 3 aromatic rings. The van der Waals surface area contributed by atoms with E-state index < -0.39 is 5.66 Å². The Kier molecular flexibility index (Phi) is 5.16. The standard InChI is InChI=1S/C35H22IN7/c1-19-17-28-26-18-36-16-15-24(26)33(37-28)42-35(2)27-14-8-7-13-25(27)34(43-35)41-32-23-12-6-5-11-22(23)31(40-32)39-30-21-10-4-3-9-20(21)29(19)38-30/h3-18H,1H2,2H3,(H,37,42). The molecule has 0 aliphatic carbocycles. The third-order valence-corrected chi connectivity index (χ3v) is 9.97. The van der Waals surface area contributed by atoms with Gasteiger partial charge in [0, 0.05) is 44.5 Å². The Bertz CT molecular complexity index is 2180. The first kappa shape index (κ1) is 24.6. The third-order valence-electron chi connectivity index (χ3n) is 8.21. The summed E-state index contributed by atoms with van der Waals surface area (Å²) in [5.41, 5.74) is 9.64. The van der Waals surface area contributed by atoms with Crippen molar-refractivity contribution in [3.05, 3.63) is 151 Å². The van der Waals surface area contributed by atoms with E-state index in [1.165, 1.54) is 0 Å². The van der Waals surface area contributed by atoms with E-state index in [0.717, 1.165) is 67.3 Å². The normalized spacial score (nSPS) is 22.3. The van der Waals surface area contributed by atoms with Crippen LogP contribution in [0.3, 0.4) is 0 Å². The highest BCUT2D eigenvalue weighted by Gasteiger charge is 2.39. The molecule has 9 rings (SSSR count). The molecule has 0 amide bonds. The molecular weight excluding hydrogens is 645 g/mol. The number of hydrogen-bond acceptors (Lipinski definition) is 7. The van der Waals surface area contributed by atoms with Gasteiger partial charge in [-0.2, -0.15) is 0 Å². The van der Waals surface area contributed by atoms with Crippen LogP contribution in [-0.2, 0) is 5.66 Å². The molecule has 1 N–H and O–H groups in total. The average molecular weight is 668 g/mol. The molecule has 8 bridgehead atoms. The lowest BCUT2D eigenvalue weighted by Gasteiger charge is -2.25. The minimum atomic E-state index is -0.777. The van der Waals surface area contributed by atoms with Gasteiger partial charge in [-0.05, 0) is 32.7 Å². The van der Waals surface area contributed by atoms with Gasteiger partial charge in [0.05, 0.1) is 11.4 Å². The van der Waals surface area contributed by atoms with Gasteiger partial charge in [0.25, 0.3) is 0 Å². The van der Waals surface area contributed by atoms with Crippen LogP contribution in [0.1, 0.15) is 40.3 Å². The van der Waals surface area contributed by atoms with Crippen LogP contribution in [0.5, 0.6) is 0 Å². The maximum atomic E-state index is 5.19. The molecule has 204 valence electrons. The lowest BCUT2D eigenvalue weighted by Crippen LogP contribution is -2.41. The summed E-state index contributed by atoms with van der Waals surface area (Å²) in [5, 5.41) is 3.71. The van der Waals surface area contributed by atoms with Crippen LogP contribution < -0.4 is 5.32 Å². The van der Waals surface area contributed by atoms with Gasteiger partial charge in [-0.3, -0.25) is 0 Å². The fourth-order valence-electron chi connectivity index (χ4n) is 6.18. The number of benzene rings is 3. The summed E-state index contributed by atoms with van der Waals surface area (Å²) in [5.74, 6) is 3.18. The molecule has 0 saturated heterocycles. The SMILES string of the molecule is C=C1C=C2N=C(NC3(C)N=C(N=C4N=C(N=C5N=C1c1ccccc15)c1ccccc14)c1ccccc13)C1=C2C=IC=C1. The molecule has 1 atom stereocenters. The van der Waals surface area contributed by atoms with Crippen molar-refractivity contribution in [1.29, 1.82) is 0 Å². The molecule has 6 aliphatic rings. The molecule has 0 fully saturated rings. The molecule has 6 heterocycles. The Hall–Kier alpha value is -4.96. The maximum absolute atomic E-state index is 5.19. The number of aliphatic imine (C=N–C) groups is 6. The van der Waals surface area contributed by atoms with E-state index in [4.69, 9.17) is 30.0 Å². The van der Waals surface area contributed by atoms with E-state index in [1.54, 1.807) is 0 Å². The Morgan fingerprint density at radius 1 is 0.674 bits per heavy atom. The summed E-state index contributed by atoms with van der Waals surface area (Å²) in [6.07, 6.45) is 4.23. The van der Waals surface area contributed by atoms with Crippen LogP contribution in [0.4, 0.5) is 0 Å². The fourth-order valence-corrected chi connectivity index (χ4v) is 7.97. The smallest absolute Gasteiger partial charge is 0.164 e. The number of hydrogen-bond donors (Lipinski definition) is 1. The predicted octanol–water partition coefficient (Wildman–Crippen LogP) is 6.13. The average Bonchev–Trinajstić information content (AvgIpc) is 3.75. The molecule has 3 aromatic carbocycles. The first-order valence-corrected chi connectivity index (χ1v) is 16.4. The highest BCUT2D eigenvalue weighted by atomic mass is 127. The van der Waals surface area contributed by atoms with E-state index in [9.17, 15) is 0 Å². The number of nitrogens with one attached hydrogen (secondary N) is 1. The minimum absolute atomic E-state index is 0.202. The minimum Gasteiger partial charge on any atom is -0.342 e. The lowest BCUT2D eigenvalue weighted by molar-refractivity contribution is 0.471. The lowest BCUT2D eigenvalue weighted by atomic mass is 9.98. The van der Waals surface area contributed by atoms with Gasteiger partial charge in [-0.15, -0.1) is 0 Å². The Labute approximate surface area is 257 Å². The number of amidine groups is 5. The summed E-state index contributed by atoms with van der Waals surface area (Å²) >= 11 is -0.202. The van der Waals surface area contributed by atoms with Gasteiger partial charge in [-0.1, -0.05) is 100 Å². The van der Waals surface area contributed by atoms with Crippen molar-refractivity contribution in [2.24, 2.45) is 30.0 Å². The van der Waals surface area contributed by atoms with Crippen molar-refractivity contribution in [3.8, 4) is 0 Å². The molecule has 7 nitrogen and oxygen atoms in total. The van der Waals surface area contributed by atoms with E-state index in [1.807, 2.05) is 60.7 Å². The predicted molar refractivity (Wildman–Crippen MR) is 183 cm³/mol. The largest absolute Gasteiger partial charge is 0.342 e. The van der Waals surface area contributed by atoms with Gasteiger partial charge in [0.1, 0.15) is 5.84 Å². The number of allylic oxidation sites excluding steroid dienone is 3. The number of rotatable bonds is 0. The molecule has 8 heteroatoms. The summed E-state index contributed by atoms with van der Waals surface area (Å²) in [4.78, 5) is 30.4. The zero-order chi connectivity index (χ0) is 28.7. The van der Waals surface area contributed by atoms with Gasteiger partial charge >= 0.3 is 0 Å². The second-order valence-corrected chi connectivity index (χ2v) is 13.0. The van der Waals surface area contributed by atoms with Crippen molar-refractivity contribution in [2.45, 2.75) is 12.6 Å². The van der Waals surface area contributed by atoms with Crippen molar-refractivity contribution < 1.29 is 0 Å². The van der Waals surface area contributed by atoms with Crippen LogP contribution in [-0.4, -0.2) is 38.9 Å². The van der Waals surface area contributed by atoms with Crippen LogP contribution in [0.2, 0.25) is 0 Å². The van der Waals surface area contributed by atoms with Gasteiger partial charge in [0.2, 0.25) is 0 Å². The second-order valence-electron chi connectivity index (χ2n) is 10.9. The van der Waals surface area contributed by atoms with Crippen molar-refractivity contribution in [3.63, 3.8) is 0 Å². The van der Waals surface area contributed by atoms with Crippen molar-refractivity contribution in [2.75, 3.05) is 0 Å². The highest BCUT2D eigenvalue weighted by molar-refractivity contribution is 14.2. The highest BCUT2D eigenvalue weighted by Crippen LogP contribution is 2.38. The zero-order valence-corrected chi connectivity index (χ0v) is 25.2. The zero-order valence-electron chi connectivity index (χ0n) is 23.0. The monoisotopic (exact) mass is 667 g/mol. The van der Waals surface area contributed by atoms with Crippen molar-refractivity contribution in [1.82, 2.24) is 5.32 Å². The van der Waals surface area contributed by atoms with Gasteiger partial charge < -0.3 is 5.32 Å². The van der Waals surface area contributed by atoms with E-state index in [0.29, 0.717) is 23.3 Å². The molecule has 43 heavy (non-hydrogen) atoms. The van der Waals surface area contributed by atoms with Crippen molar-refractivity contribution >= 4 is 59.6 Å². The Morgan fingerprint density at radius 2 is 1.28 bits per heavy atom. The summed E-state index contributed by atoms with van der Waals surface area (Å²) in [6, 6.07) is 24.4. The molecular formula is C35H22IN7. The van der Waals surface area contributed by atoms with E-state index >= 15 is 0 Å². The van der Waals surface area contributed by atoms with Crippen LogP contribution >= 0.6 is 20.7 Å². The first-order chi connectivity index (χ1) is 21.1. The van der Waals surface area contributed by atoms with Gasteiger partial charge in [-0.25, -0.2) is 30.0 Å². The van der Waals surface area contributed by atoms with Crippen LogP contribution in [0, 0.1) is 0 Å². The second kappa shape index (κ2) is 9.02. The topological polar surface area (TPSA) is 86.2 Å². The van der Waals surface area contributed by atoms with Gasteiger partial charge in [0.15, 0.2) is 29.0 Å². The molecule has 0 aromatic heterocycles. The third kappa shape index (κ3) is 3.69. The molecule has 0 spiro atoms. The summed E-state index contributed by atoms with van der Waals surface area (Å²) in [7, 11) is 0. The molecule has 6 aliphatic heterocycles. The molecule has 0 saturated carbocycles. The first-order valence-electron chi connectivity index (χ1n) is 13.9. The summed E-state index contributed by atoms with van der Waals surface area (Å²) < 4.78 is 4.58. The number of halogens is 1. The maximum Gasteiger partial charge on any atom is 0.164 e. The van der Waals surface area contributed by atoms with E-state index in [2.05, 4.69) is 51.2 Å². The number of fused-ring (bicyclic) bond motifs is 15. The van der Waals surface area contributed by atoms with Crippen LogP contribution in [0.15, 0.2) is 148 Å². The fraction of sp³-hybridized carbons (Fsp3) is 0.0571. The molecule has 1 unspecified atom stereocenters.